The van der Waals surface area contributed by atoms with E-state index in [1.54, 1.807) is 0 Å². The number of quaternary nitrogens is 1. The van der Waals surface area contributed by atoms with Crippen molar-refractivity contribution in [1.82, 2.24) is 5.43 Å². The van der Waals surface area contributed by atoms with Crippen LogP contribution in [0, 0.1) is 5.21 Å². The molecule has 0 radical (unpaired) electrons. The Balaban J connectivity index is 4.22. The number of hydrogen-bond donors (Lipinski definition) is 3. The lowest BCUT2D eigenvalue weighted by molar-refractivity contribution is -0.878. The summed E-state index contributed by atoms with van der Waals surface area (Å²) < 4.78 is 11.5. The number of rotatable bonds is 11. The molecule has 2 atom stereocenters. The fraction of sp³-hybridized carbons (Fsp3) is 1.00. The molecule has 0 fully saturated rings. The molecule has 0 aliphatic heterocycles. The van der Waals surface area contributed by atoms with Gasteiger partial charge in [-0.05, 0) is 32.6 Å². The molecule has 4 N–H and O–H groups in total. The summed E-state index contributed by atoms with van der Waals surface area (Å²) in [5.41, 5.74) is 7.77. The van der Waals surface area contributed by atoms with E-state index in [1.807, 2.05) is 13.8 Å². The van der Waals surface area contributed by atoms with Crippen LogP contribution in [-0.2, 0) is 9.47 Å². The smallest absolute Gasteiger partial charge is 0.143 e. The largest absolute Gasteiger partial charge is 0.613 e. The normalized spacial score (nSPS) is 17.2. The Morgan fingerprint density at radius 2 is 1.74 bits per heavy atom. The summed E-state index contributed by atoms with van der Waals surface area (Å²) in [5, 5.41) is 10.8. The number of nitrogens with two attached hydrogens (primary N) is 1. The lowest BCUT2D eigenvalue weighted by Crippen LogP contribution is -3.11. The molecule has 0 aromatic carbocycles. The maximum Gasteiger partial charge on any atom is 0.143 e. The van der Waals surface area contributed by atoms with Crippen molar-refractivity contribution in [3.05, 3.63) is 5.21 Å². The van der Waals surface area contributed by atoms with Gasteiger partial charge in [0.15, 0.2) is 0 Å². The van der Waals surface area contributed by atoms with Gasteiger partial charge in [-0.2, -0.15) is 0 Å². The van der Waals surface area contributed by atoms with E-state index in [1.165, 1.54) is 7.05 Å². The standard InChI is InChI=1S/C13H31N3O3/c1-6-12(4,14)18-10-9-13(7-2,8-3)19-11-15-16(5)17/h15-16H,6-11,14H2,1-5H3. The van der Waals surface area contributed by atoms with Gasteiger partial charge in [0.25, 0.3) is 0 Å². The predicted octanol–water partition coefficient (Wildman–Crippen LogP) is 0.528. The van der Waals surface area contributed by atoms with Crippen LogP contribution in [0.4, 0.5) is 0 Å². The van der Waals surface area contributed by atoms with Crippen molar-refractivity contribution in [3.63, 3.8) is 0 Å². The van der Waals surface area contributed by atoms with E-state index >= 15 is 0 Å². The number of ether oxygens (including phenoxy) is 2. The van der Waals surface area contributed by atoms with E-state index in [4.69, 9.17) is 15.2 Å². The van der Waals surface area contributed by atoms with Crippen molar-refractivity contribution in [2.75, 3.05) is 20.4 Å². The summed E-state index contributed by atoms with van der Waals surface area (Å²) >= 11 is 0. The van der Waals surface area contributed by atoms with Gasteiger partial charge in [0.2, 0.25) is 0 Å². The van der Waals surface area contributed by atoms with E-state index in [-0.39, 0.29) is 17.5 Å². The van der Waals surface area contributed by atoms with E-state index in [9.17, 15) is 5.21 Å². The molecule has 0 spiro atoms. The second-order valence-corrected chi connectivity index (χ2v) is 5.18. The van der Waals surface area contributed by atoms with Crippen molar-refractivity contribution >= 4 is 0 Å². The quantitative estimate of drug-likeness (QED) is 0.379. The van der Waals surface area contributed by atoms with Gasteiger partial charge in [-0.15, -0.1) is 5.43 Å². The van der Waals surface area contributed by atoms with Crippen LogP contribution in [0.5, 0.6) is 0 Å². The highest BCUT2D eigenvalue weighted by Gasteiger charge is 2.28. The lowest BCUT2D eigenvalue weighted by atomic mass is 9.93. The zero-order chi connectivity index (χ0) is 14.9. The molecule has 0 saturated heterocycles. The number of hydrogen-bond acceptors (Lipinski definition) is 5. The van der Waals surface area contributed by atoms with Gasteiger partial charge in [-0.1, -0.05) is 20.8 Å². The first kappa shape index (κ1) is 18.8. The van der Waals surface area contributed by atoms with Crippen molar-refractivity contribution in [2.45, 2.75) is 64.7 Å². The van der Waals surface area contributed by atoms with Crippen LogP contribution in [0.15, 0.2) is 0 Å². The minimum absolute atomic E-state index is 0.0853. The third kappa shape index (κ3) is 7.81. The van der Waals surface area contributed by atoms with Crippen LogP contribution < -0.4 is 16.3 Å². The Bertz CT molecular complexity index is 231. The molecule has 0 amide bonds. The maximum atomic E-state index is 10.9. The van der Waals surface area contributed by atoms with Gasteiger partial charge in [0, 0.05) is 0 Å². The van der Waals surface area contributed by atoms with Crippen molar-refractivity contribution in [2.24, 2.45) is 5.73 Å². The first-order valence-electron chi connectivity index (χ1n) is 7.12. The second kappa shape index (κ2) is 8.84. The van der Waals surface area contributed by atoms with Crippen molar-refractivity contribution < 1.29 is 14.6 Å². The first-order chi connectivity index (χ1) is 8.81. The molecule has 0 saturated carbocycles. The monoisotopic (exact) mass is 277 g/mol. The molecule has 0 rings (SSSR count). The summed E-state index contributed by atoms with van der Waals surface area (Å²) in [5.74, 6) is 0. The summed E-state index contributed by atoms with van der Waals surface area (Å²) in [6.45, 7) is 8.84. The molecule has 6 nitrogen and oxygen atoms in total. The Morgan fingerprint density at radius 1 is 1.16 bits per heavy atom. The molecular weight excluding hydrogens is 246 g/mol. The minimum atomic E-state index is -0.579. The second-order valence-electron chi connectivity index (χ2n) is 5.18. The zero-order valence-corrected chi connectivity index (χ0v) is 13.0. The van der Waals surface area contributed by atoms with Gasteiger partial charge in [0.05, 0.1) is 19.3 Å². The van der Waals surface area contributed by atoms with Crippen LogP contribution in [0.3, 0.4) is 0 Å². The highest BCUT2D eigenvalue weighted by atomic mass is 16.6. The van der Waals surface area contributed by atoms with Crippen LogP contribution in [0.1, 0.15) is 53.4 Å². The lowest BCUT2D eigenvalue weighted by Gasteiger charge is -2.34. The molecule has 116 valence electrons. The summed E-state index contributed by atoms with van der Waals surface area (Å²) in [6.07, 6.45) is 3.29. The average molecular weight is 277 g/mol. The third-order valence-corrected chi connectivity index (χ3v) is 3.68. The van der Waals surface area contributed by atoms with Crippen LogP contribution in [0.2, 0.25) is 0 Å². The molecule has 19 heavy (non-hydrogen) atoms. The first-order valence-corrected chi connectivity index (χ1v) is 7.12. The minimum Gasteiger partial charge on any atom is -0.613 e. The number of nitrogens with one attached hydrogen (secondary N) is 2. The fourth-order valence-corrected chi connectivity index (χ4v) is 1.74. The highest BCUT2D eigenvalue weighted by Crippen LogP contribution is 2.25. The summed E-state index contributed by atoms with van der Waals surface area (Å²) in [7, 11) is 1.48. The highest BCUT2D eigenvalue weighted by molar-refractivity contribution is 4.78. The van der Waals surface area contributed by atoms with E-state index < -0.39 is 5.72 Å². The topological polar surface area (TPSA) is 84.0 Å². The molecule has 0 aliphatic carbocycles. The molecule has 0 heterocycles. The Hall–Kier alpha value is -0.240. The Labute approximate surface area is 117 Å². The molecule has 6 heteroatoms. The molecule has 0 aromatic rings. The van der Waals surface area contributed by atoms with Gasteiger partial charge in [0.1, 0.15) is 12.5 Å². The Morgan fingerprint density at radius 3 is 2.16 bits per heavy atom. The van der Waals surface area contributed by atoms with Crippen molar-refractivity contribution in [3.8, 4) is 0 Å². The SMILES string of the molecule is CCC(C)(N)OCCC(CC)(CC)OCN[NH+](C)[O-]. The van der Waals surface area contributed by atoms with Crippen LogP contribution in [0.25, 0.3) is 0 Å². The van der Waals surface area contributed by atoms with E-state index in [0.29, 0.717) is 6.61 Å². The molecular formula is C13H31N3O3. The van der Waals surface area contributed by atoms with Gasteiger partial charge in [-0.3, -0.25) is 5.17 Å². The molecule has 0 aromatic heterocycles. The van der Waals surface area contributed by atoms with Gasteiger partial charge in [-0.25, -0.2) is 0 Å². The van der Waals surface area contributed by atoms with E-state index in [2.05, 4.69) is 19.3 Å². The zero-order valence-electron chi connectivity index (χ0n) is 13.0. The maximum absolute atomic E-state index is 10.9. The third-order valence-electron chi connectivity index (χ3n) is 3.68. The Kier molecular flexibility index (Phi) is 8.73. The molecule has 2 unspecified atom stereocenters. The van der Waals surface area contributed by atoms with Crippen LogP contribution >= 0.6 is 0 Å². The number of hydroxylamine groups is 1. The predicted molar refractivity (Wildman–Crippen MR) is 76.1 cm³/mol. The molecule has 0 aliphatic rings. The average Bonchev–Trinajstić information content (AvgIpc) is 2.36. The fourth-order valence-electron chi connectivity index (χ4n) is 1.74. The van der Waals surface area contributed by atoms with E-state index in [0.717, 1.165) is 25.7 Å². The molecule has 0 bridgehead atoms. The van der Waals surface area contributed by atoms with Crippen molar-refractivity contribution in [1.29, 1.82) is 0 Å². The summed E-state index contributed by atoms with van der Waals surface area (Å²) in [4.78, 5) is 0. The van der Waals surface area contributed by atoms with Gasteiger partial charge < -0.3 is 20.4 Å². The van der Waals surface area contributed by atoms with Crippen LogP contribution in [-0.4, -0.2) is 31.7 Å². The summed E-state index contributed by atoms with van der Waals surface area (Å²) in [6, 6.07) is 0. The van der Waals surface area contributed by atoms with Gasteiger partial charge >= 0.3 is 0 Å².